The van der Waals surface area contributed by atoms with Crippen LogP contribution in [0.15, 0.2) is 27.4 Å². The summed E-state index contributed by atoms with van der Waals surface area (Å²) in [5, 5.41) is -0.0363. The second-order valence-electron chi connectivity index (χ2n) is 7.01. The van der Waals surface area contributed by atoms with Gasteiger partial charge in [0.25, 0.3) is 0 Å². The van der Waals surface area contributed by atoms with Crippen LogP contribution in [0.5, 0.6) is 40.2 Å². The minimum Gasteiger partial charge on any atom is -0.493 e. The Morgan fingerprint density at radius 1 is 0.657 bits per heavy atom. The summed E-state index contributed by atoms with van der Waals surface area (Å²) in [6, 6.07) is 4.35. The molecule has 1 aromatic heterocycles. The smallest absolute Gasteiger partial charge is 0.308 e. The van der Waals surface area contributed by atoms with E-state index in [0.29, 0.717) is 0 Å². The van der Waals surface area contributed by atoms with Gasteiger partial charge in [-0.05, 0) is 12.1 Å². The molecule has 0 saturated heterocycles. The zero-order valence-corrected chi connectivity index (χ0v) is 20.2. The molecule has 0 radical (unpaired) electrons. The molecular formula is C24H24O11. The van der Waals surface area contributed by atoms with Gasteiger partial charge in [-0.2, -0.15) is 0 Å². The molecule has 1 heterocycles. The Balaban J connectivity index is 2.43. The summed E-state index contributed by atoms with van der Waals surface area (Å²) >= 11 is 0. The first-order valence-corrected chi connectivity index (χ1v) is 10.1. The molecule has 3 rings (SSSR count). The second kappa shape index (κ2) is 10.2. The van der Waals surface area contributed by atoms with Gasteiger partial charge in [0.2, 0.25) is 22.7 Å². The van der Waals surface area contributed by atoms with E-state index < -0.39 is 17.4 Å². The van der Waals surface area contributed by atoms with Crippen molar-refractivity contribution >= 4 is 22.9 Å². The third-order valence-electron chi connectivity index (χ3n) is 4.85. The van der Waals surface area contributed by atoms with Crippen molar-refractivity contribution in [2.45, 2.75) is 13.8 Å². The summed E-state index contributed by atoms with van der Waals surface area (Å²) in [7, 11) is 6.74. The molecule has 0 spiro atoms. The van der Waals surface area contributed by atoms with Crippen molar-refractivity contribution in [3.8, 4) is 51.6 Å². The topological polar surface area (TPSA) is 129 Å². The molecule has 0 aliphatic heterocycles. The highest BCUT2D eigenvalue weighted by molar-refractivity contribution is 5.93. The SMILES string of the molecule is COc1cc(-c2oc3cc(OC)c(OC(C)=O)c(OC)c3c(=O)c2OC)cc(OC(C)=O)c1OC. The number of carbonyl (C=O) groups is 2. The Morgan fingerprint density at radius 2 is 1.20 bits per heavy atom. The molecule has 186 valence electrons. The fourth-order valence-electron chi connectivity index (χ4n) is 3.52. The van der Waals surface area contributed by atoms with Crippen molar-refractivity contribution in [3.63, 3.8) is 0 Å². The monoisotopic (exact) mass is 488 g/mol. The predicted molar refractivity (Wildman–Crippen MR) is 123 cm³/mol. The maximum atomic E-state index is 13.5. The average molecular weight is 488 g/mol. The molecule has 0 atom stereocenters. The summed E-state index contributed by atoms with van der Waals surface area (Å²) in [6.45, 7) is 2.43. The highest BCUT2D eigenvalue weighted by Gasteiger charge is 2.27. The van der Waals surface area contributed by atoms with Gasteiger partial charge in [-0.25, -0.2) is 0 Å². The van der Waals surface area contributed by atoms with Gasteiger partial charge >= 0.3 is 11.9 Å². The van der Waals surface area contributed by atoms with Crippen molar-refractivity contribution in [2.75, 3.05) is 35.5 Å². The molecule has 0 fully saturated rings. The van der Waals surface area contributed by atoms with E-state index in [1.54, 1.807) is 0 Å². The third-order valence-corrected chi connectivity index (χ3v) is 4.85. The van der Waals surface area contributed by atoms with Crippen LogP contribution in [-0.2, 0) is 9.59 Å². The van der Waals surface area contributed by atoms with Crippen molar-refractivity contribution in [1.29, 1.82) is 0 Å². The quantitative estimate of drug-likeness (QED) is 0.342. The molecule has 11 nitrogen and oxygen atoms in total. The van der Waals surface area contributed by atoms with Crippen molar-refractivity contribution in [1.82, 2.24) is 0 Å². The lowest BCUT2D eigenvalue weighted by Gasteiger charge is -2.17. The van der Waals surface area contributed by atoms with Crippen LogP contribution >= 0.6 is 0 Å². The predicted octanol–water partition coefficient (Wildman–Crippen LogP) is 3.35. The number of rotatable bonds is 8. The largest absolute Gasteiger partial charge is 0.493 e. The third kappa shape index (κ3) is 4.65. The summed E-state index contributed by atoms with van der Waals surface area (Å²) in [6.07, 6.45) is 0. The van der Waals surface area contributed by atoms with Crippen LogP contribution in [-0.4, -0.2) is 47.5 Å². The Bertz CT molecular complexity index is 1350. The molecule has 0 N–H and O–H groups in total. The van der Waals surface area contributed by atoms with Crippen LogP contribution in [0.2, 0.25) is 0 Å². The molecule has 11 heteroatoms. The van der Waals surface area contributed by atoms with Gasteiger partial charge in [-0.15, -0.1) is 0 Å². The number of fused-ring (bicyclic) bond motifs is 1. The molecule has 3 aromatic rings. The molecule has 0 aliphatic carbocycles. The highest BCUT2D eigenvalue weighted by Crippen LogP contribution is 2.47. The fourth-order valence-corrected chi connectivity index (χ4v) is 3.52. The number of carbonyl (C=O) groups excluding carboxylic acids is 2. The fraction of sp³-hybridized carbons (Fsp3) is 0.292. The van der Waals surface area contributed by atoms with E-state index in [9.17, 15) is 14.4 Å². The molecule has 0 amide bonds. The maximum Gasteiger partial charge on any atom is 0.308 e. The molecule has 35 heavy (non-hydrogen) atoms. The van der Waals surface area contributed by atoms with Gasteiger partial charge < -0.3 is 37.6 Å². The van der Waals surface area contributed by atoms with E-state index >= 15 is 0 Å². The van der Waals surface area contributed by atoms with Crippen LogP contribution in [0.4, 0.5) is 0 Å². The summed E-state index contributed by atoms with van der Waals surface area (Å²) < 4.78 is 43.3. The minimum atomic E-state index is -0.641. The molecule has 0 aliphatic rings. The average Bonchev–Trinajstić information content (AvgIpc) is 2.82. The lowest BCUT2D eigenvalue weighted by molar-refractivity contribution is -0.133. The van der Waals surface area contributed by atoms with Crippen LogP contribution < -0.4 is 38.6 Å². The number of hydrogen-bond acceptors (Lipinski definition) is 11. The normalized spacial score (nSPS) is 10.5. The Labute approximate surface area is 200 Å². The standard InChI is InChI=1S/C24H24O11/c1-11(25)33-17-9-13(8-15(28-3)21(17)30-5)20-24(32-7)19(27)18-14(35-20)10-16(29-4)22(23(18)31-6)34-12(2)26/h8-10H,1-7H3. The maximum absolute atomic E-state index is 13.5. The second-order valence-corrected chi connectivity index (χ2v) is 7.01. The molecule has 2 aromatic carbocycles. The molecule has 0 unspecified atom stereocenters. The Kier molecular flexibility index (Phi) is 7.38. The van der Waals surface area contributed by atoms with E-state index in [4.69, 9.17) is 37.6 Å². The van der Waals surface area contributed by atoms with Gasteiger partial charge in [0, 0.05) is 25.5 Å². The van der Waals surface area contributed by atoms with Gasteiger partial charge in [0.1, 0.15) is 11.0 Å². The summed E-state index contributed by atoms with van der Waals surface area (Å²) in [5.74, 6) is -1.05. The lowest BCUT2D eigenvalue weighted by Crippen LogP contribution is -2.11. The van der Waals surface area contributed by atoms with E-state index in [2.05, 4.69) is 0 Å². The zero-order chi connectivity index (χ0) is 25.9. The van der Waals surface area contributed by atoms with E-state index in [-0.39, 0.29) is 62.5 Å². The van der Waals surface area contributed by atoms with Crippen LogP contribution in [0, 0.1) is 0 Å². The number of ether oxygens (including phenoxy) is 7. The number of methoxy groups -OCH3 is 5. The van der Waals surface area contributed by atoms with Crippen LogP contribution in [0.1, 0.15) is 13.8 Å². The molecule has 0 bridgehead atoms. The zero-order valence-electron chi connectivity index (χ0n) is 20.2. The Morgan fingerprint density at radius 3 is 1.71 bits per heavy atom. The van der Waals surface area contributed by atoms with Gasteiger partial charge in [-0.3, -0.25) is 14.4 Å². The summed E-state index contributed by atoms with van der Waals surface area (Å²) in [5.41, 5.74) is -0.267. The first-order valence-electron chi connectivity index (χ1n) is 10.1. The highest BCUT2D eigenvalue weighted by atomic mass is 16.6. The van der Waals surface area contributed by atoms with Gasteiger partial charge in [0.05, 0.1) is 35.5 Å². The van der Waals surface area contributed by atoms with Crippen LogP contribution in [0.3, 0.4) is 0 Å². The van der Waals surface area contributed by atoms with Crippen molar-refractivity contribution in [2.24, 2.45) is 0 Å². The first-order chi connectivity index (χ1) is 16.7. The number of benzene rings is 2. The minimum absolute atomic E-state index is 0.00342. The van der Waals surface area contributed by atoms with E-state index in [1.165, 1.54) is 67.6 Å². The Hall–Kier alpha value is -4.41. The number of esters is 2. The van der Waals surface area contributed by atoms with Crippen molar-refractivity contribution in [3.05, 3.63) is 28.4 Å². The molecule has 0 saturated carbocycles. The first kappa shape index (κ1) is 25.2. The van der Waals surface area contributed by atoms with Gasteiger partial charge in [0.15, 0.2) is 28.8 Å². The van der Waals surface area contributed by atoms with Crippen LogP contribution in [0.25, 0.3) is 22.3 Å². The summed E-state index contributed by atoms with van der Waals surface area (Å²) in [4.78, 5) is 36.8. The number of hydrogen-bond donors (Lipinski definition) is 0. The van der Waals surface area contributed by atoms with E-state index in [1.807, 2.05) is 0 Å². The van der Waals surface area contributed by atoms with Gasteiger partial charge in [-0.1, -0.05) is 0 Å². The van der Waals surface area contributed by atoms with E-state index in [0.717, 1.165) is 0 Å². The molecular weight excluding hydrogens is 464 g/mol. The van der Waals surface area contributed by atoms with Crippen molar-refractivity contribution < 1.29 is 47.2 Å². The lowest BCUT2D eigenvalue weighted by atomic mass is 10.1.